The molecule has 0 fully saturated rings. The van der Waals surface area contributed by atoms with E-state index >= 15 is 0 Å². The average molecular weight is 374 g/mol. The topological polar surface area (TPSA) is 50.7 Å². The molecular formula is C24H26N2O2. The van der Waals surface area contributed by atoms with Gasteiger partial charge in [-0.3, -0.25) is 4.79 Å². The van der Waals surface area contributed by atoms with Crippen molar-refractivity contribution in [2.75, 3.05) is 0 Å². The normalized spacial score (nSPS) is 12.6. The molecule has 0 heterocycles. The van der Waals surface area contributed by atoms with Crippen LogP contribution in [0.25, 0.3) is 10.8 Å². The number of amides is 1. The number of fused-ring (bicyclic) bond motifs is 1. The Bertz CT molecular complexity index is 951. The van der Waals surface area contributed by atoms with Gasteiger partial charge in [0.05, 0.1) is 5.71 Å². The Balaban J connectivity index is 1.66. The van der Waals surface area contributed by atoms with Gasteiger partial charge >= 0.3 is 0 Å². The molecule has 1 amide bonds. The molecule has 4 nitrogen and oxygen atoms in total. The standard InChI is InChI=1S/C24H26N2O2/c1-3-4-14-23(20-11-6-5-7-12-20)25-26-24(27)18(2)28-22-16-15-19-10-8-9-13-21(19)17-22/h5-13,15-18H,3-4,14H2,1-2H3,(H,26,27)/b25-23+. The van der Waals surface area contributed by atoms with Crippen molar-refractivity contribution in [3.8, 4) is 5.75 Å². The van der Waals surface area contributed by atoms with Crippen molar-refractivity contribution in [2.45, 2.75) is 39.2 Å². The summed E-state index contributed by atoms with van der Waals surface area (Å²) in [6.45, 7) is 3.87. The predicted molar refractivity (Wildman–Crippen MR) is 115 cm³/mol. The van der Waals surface area contributed by atoms with E-state index < -0.39 is 6.10 Å². The number of hydrogen-bond acceptors (Lipinski definition) is 3. The maximum atomic E-state index is 12.5. The van der Waals surface area contributed by atoms with Crippen LogP contribution in [0.1, 0.15) is 38.7 Å². The van der Waals surface area contributed by atoms with Crippen LogP contribution < -0.4 is 10.2 Å². The molecule has 0 aromatic heterocycles. The molecule has 3 aromatic rings. The highest BCUT2D eigenvalue weighted by atomic mass is 16.5. The molecule has 0 aliphatic rings. The highest BCUT2D eigenvalue weighted by Gasteiger charge is 2.15. The lowest BCUT2D eigenvalue weighted by Gasteiger charge is -2.14. The summed E-state index contributed by atoms with van der Waals surface area (Å²) in [4.78, 5) is 12.5. The summed E-state index contributed by atoms with van der Waals surface area (Å²) in [7, 11) is 0. The number of carbonyl (C=O) groups excluding carboxylic acids is 1. The van der Waals surface area contributed by atoms with Crippen molar-refractivity contribution in [3.63, 3.8) is 0 Å². The van der Waals surface area contributed by atoms with Gasteiger partial charge in [0, 0.05) is 0 Å². The predicted octanol–water partition coefficient (Wildman–Crippen LogP) is 5.32. The maximum Gasteiger partial charge on any atom is 0.280 e. The second-order valence-electron chi connectivity index (χ2n) is 6.77. The van der Waals surface area contributed by atoms with Gasteiger partial charge in [0.25, 0.3) is 5.91 Å². The SMILES string of the molecule is CCCC/C(=N\NC(=O)C(C)Oc1ccc2ccccc2c1)c1ccccc1. The number of hydrazone groups is 1. The monoisotopic (exact) mass is 374 g/mol. The zero-order chi connectivity index (χ0) is 19.8. The van der Waals surface area contributed by atoms with Crippen molar-refractivity contribution in [2.24, 2.45) is 5.10 Å². The zero-order valence-corrected chi connectivity index (χ0v) is 16.4. The van der Waals surface area contributed by atoms with Crippen LogP contribution in [0.5, 0.6) is 5.75 Å². The van der Waals surface area contributed by atoms with Gasteiger partial charge in [-0.05, 0) is 48.2 Å². The van der Waals surface area contributed by atoms with Crippen LogP contribution >= 0.6 is 0 Å². The average Bonchev–Trinajstić information content (AvgIpc) is 2.74. The van der Waals surface area contributed by atoms with E-state index in [4.69, 9.17) is 4.74 Å². The lowest BCUT2D eigenvalue weighted by Crippen LogP contribution is -2.34. The molecule has 3 aromatic carbocycles. The zero-order valence-electron chi connectivity index (χ0n) is 16.4. The molecule has 1 atom stereocenters. The Morgan fingerprint density at radius 3 is 2.46 bits per heavy atom. The molecule has 1 unspecified atom stereocenters. The van der Waals surface area contributed by atoms with Crippen LogP contribution in [0.15, 0.2) is 77.9 Å². The first-order chi connectivity index (χ1) is 13.7. The minimum atomic E-state index is -0.645. The Labute approximate surface area is 166 Å². The van der Waals surface area contributed by atoms with Gasteiger partial charge in [0.1, 0.15) is 5.75 Å². The maximum absolute atomic E-state index is 12.5. The minimum absolute atomic E-state index is 0.266. The molecule has 0 saturated heterocycles. The van der Waals surface area contributed by atoms with E-state index in [2.05, 4.69) is 17.5 Å². The number of nitrogens with one attached hydrogen (secondary N) is 1. The highest BCUT2D eigenvalue weighted by Crippen LogP contribution is 2.21. The fourth-order valence-corrected chi connectivity index (χ4v) is 2.95. The second-order valence-corrected chi connectivity index (χ2v) is 6.77. The summed E-state index contributed by atoms with van der Waals surface area (Å²) >= 11 is 0. The summed E-state index contributed by atoms with van der Waals surface area (Å²) in [5.74, 6) is 0.401. The highest BCUT2D eigenvalue weighted by molar-refractivity contribution is 6.01. The van der Waals surface area contributed by atoms with Gasteiger partial charge in [0.2, 0.25) is 0 Å². The van der Waals surface area contributed by atoms with Crippen LogP contribution in [0, 0.1) is 0 Å². The Hall–Kier alpha value is -3.14. The molecule has 28 heavy (non-hydrogen) atoms. The van der Waals surface area contributed by atoms with E-state index in [-0.39, 0.29) is 5.91 Å². The summed E-state index contributed by atoms with van der Waals surface area (Å²) in [5.41, 5.74) is 4.58. The van der Waals surface area contributed by atoms with Gasteiger partial charge in [-0.25, -0.2) is 5.43 Å². The third-order valence-electron chi connectivity index (χ3n) is 4.58. The smallest absolute Gasteiger partial charge is 0.280 e. The van der Waals surface area contributed by atoms with E-state index in [9.17, 15) is 4.79 Å². The van der Waals surface area contributed by atoms with Gasteiger partial charge < -0.3 is 4.74 Å². The Morgan fingerprint density at radius 1 is 1.00 bits per heavy atom. The first-order valence-corrected chi connectivity index (χ1v) is 9.74. The Kier molecular flexibility index (Phi) is 6.79. The molecule has 144 valence electrons. The first-order valence-electron chi connectivity index (χ1n) is 9.74. The van der Waals surface area contributed by atoms with Crippen LogP contribution in [-0.4, -0.2) is 17.7 Å². The molecule has 0 spiro atoms. The van der Waals surface area contributed by atoms with Crippen LogP contribution in [-0.2, 0) is 4.79 Å². The molecule has 0 aliphatic carbocycles. The van der Waals surface area contributed by atoms with Gasteiger partial charge in [-0.1, -0.05) is 74.0 Å². The number of carbonyl (C=O) groups is 1. The molecule has 1 N–H and O–H groups in total. The third kappa shape index (κ3) is 5.19. The van der Waals surface area contributed by atoms with Gasteiger partial charge in [0.15, 0.2) is 6.10 Å². The largest absolute Gasteiger partial charge is 0.481 e. The Morgan fingerprint density at radius 2 is 1.71 bits per heavy atom. The van der Waals surface area contributed by atoms with Crippen LogP contribution in [0.3, 0.4) is 0 Å². The summed E-state index contributed by atoms with van der Waals surface area (Å²) < 4.78 is 5.82. The van der Waals surface area contributed by atoms with Gasteiger partial charge in [-0.15, -0.1) is 0 Å². The van der Waals surface area contributed by atoms with Crippen molar-refractivity contribution < 1.29 is 9.53 Å². The summed E-state index contributed by atoms with van der Waals surface area (Å²) in [6.07, 6.45) is 2.27. The van der Waals surface area contributed by atoms with Gasteiger partial charge in [-0.2, -0.15) is 5.10 Å². The molecule has 0 radical (unpaired) electrons. The minimum Gasteiger partial charge on any atom is -0.481 e. The molecule has 3 rings (SSSR count). The second kappa shape index (κ2) is 9.70. The third-order valence-corrected chi connectivity index (χ3v) is 4.58. The molecular weight excluding hydrogens is 348 g/mol. The van der Waals surface area contributed by atoms with Crippen molar-refractivity contribution in [1.82, 2.24) is 5.43 Å². The quantitative estimate of drug-likeness (QED) is 0.429. The van der Waals surface area contributed by atoms with Crippen LogP contribution in [0.2, 0.25) is 0 Å². The van der Waals surface area contributed by atoms with Crippen molar-refractivity contribution in [1.29, 1.82) is 0 Å². The number of nitrogens with zero attached hydrogens (tertiary/aromatic N) is 1. The molecule has 0 aliphatic heterocycles. The number of rotatable bonds is 8. The molecule has 0 bridgehead atoms. The van der Waals surface area contributed by atoms with E-state index in [1.807, 2.05) is 72.8 Å². The first kappa shape index (κ1) is 19.6. The van der Waals surface area contributed by atoms with E-state index in [0.717, 1.165) is 41.3 Å². The fourth-order valence-electron chi connectivity index (χ4n) is 2.95. The van der Waals surface area contributed by atoms with E-state index in [1.54, 1.807) is 6.92 Å². The number of benzene rings is 3. The summed E-state index contributed by atoms with van der Waals surface area (Å²) in [6, 6.07) is 23.8. The lowest BCUT2D eigenvalue weighted by molar-refractivity contribution is -0.127. The molecule has 4 heteroatoms. The number of hydrogen-bond donors (Lipinski definition) is 1. The van der Waals surface area contributed by atoms with E-state index in [1.165, 1.54) is 0 Å². The molecule has 0 saturated carbocycles. The number of unbranched alkanes of at least 4 members (excludes halogenated alkanes) is 1. The summed E-state index contributed by atoms with van der Waals surface area (Å²) in [5, 5.41) is 6.60. The number of ether oxygens (including phenoxy) is 1. The van der Waals surface area contributed by atoms with Crippen LogP contribution in [0.4, 0.5) is 0 Å². The fraction of sp³-hybridized carbons (Fsp3) is 0.250. The van der Waals surface area contributed by atoms with Crippen molar-refractivity contribution in [3.05, 3.63) is 78.4 Å². The van der Waals surface area contributed by atoms with Crippen molar-refractivity contribution >= 4 is 22.4 Å². The van der Waals surface area contributed by atoms with E-state index in [0.29, 0.717) is 5.75 Å². The lowest BCUT2D eigenvalue weighted by atomic mass is 10.1.